The first-order valence-corrected chi connectivity index (χ1v) is 17.2. The average Bonchev–Trinajstić information content (AvgIpc) is 3.05. The summed E-state index contributed by atoms with van der Waals surface area (Å²) in [5.74, 6) is 0.338. The number of hydrogen-bond acceptors (Lipinski definition) is 5. The van der Waals surface area contributed by atoms with Gasteiger partial charge in [0.15, 0.2) is 0 Å². The van der Waals surface area contributed by atoms with Crippen LogP contribution < -0.4 is 14.4 Å². The number of para-hydroxylation sites is 1. The number of sulfonamides is 1. The lowest BCUT2D eigenvalue weighted by molar-refractivity contribution is -0.140. The van der Waals surface area contributed by atoms with E-state index < -0.39 is 28.5 Å². The van der Waals surface area contributed by atoms with Gasteiger partial charge in [-0.2, -0.15) is 0 Å². The summed E-state index contributed by atoms with van der Waals surface area (Å²) in [6, 6.07) is 28.4. The van der Waals surface area contributed by atoms with Gasteiger partial charge >= 0.3 is 0 Å². The highest BCUT2D eigenvalue weighted by Gasteiger charge is 2.33. The SMILES string of the molecule is CCCCNC(=O)[C@H](CC)N(Cc1ccc(Cl)cc1)C(=O)CN(c1ccc(Oc2ccccc2)cc1)S(=O)(=O)c1ccc(C)cc1. The standard InChI is InChI=1S/C36H40ClN3O5S/c1-4-6-24-38-36(42)34(5-2)39(25-28-14-16-29(37)17-15-28)35(41)26-40(46(43,44)33-22-12-27(3)13-23-33)30-18-20-32(21-19-30)45-31-10-8-7-9-11-31/h7-23,34H,4-6,24-26H2,1-3H3,(H,38,42)/t34-/m0/s1. The number of carbonyl (C=O) groups excluding carboxylic acids is 2. The van der Waals surface area contributed by atoms with Crippen molar-refractivity contribution >= 4 is 39.1 Å². The molecule has 0 aliphatic heterocycles. The Kier molecular flexibility index (Phi) is 12.2. The second-order valence-corrected chi connectivity index (χ2v) is 13.2. The van der Waals surface area contributed by atoms with E-state index in [0.717, 1.165) is 28.3 Å². The third kappa shape index (κ3) is 9.11. The average molecular weight is 662 g/mol. The van der Waals surface area contributed by atoms with Crippen LogP contribution in [0.2, 0.25) is 5.02 Å². The molecule has 0 heterocycles. The monoisotopic (exact) mass is 661 g/mol. The fourth-order valence-electron chi connectivity index (χ4n) is 4.88. The molecule has 2 amide bonds. The molecular formula is C36H40ClN3O5S. The molecule has 0 aliphatic carbocycles. The number of nitrogens with one attached hydrogen (secondary N) is 1. The molecule has 0 aliphatic rings. The summed E-state index contributed by atoms with van der Waals surface area (Å²) < 4.78 is 35.3. The van der Waals surface area contributed by atoms with Crippen molar-refractivity contribution < 1.29 is 22.7 Å². The second kappa shape index (κ2) is 16.3. The summed E-state index contributed by atoms with van der Waals surface area (Å²) in [5.41, 5.74) is 1.94. The highest BCUT2D eigenvalue weighted by molar-refractivity contribution is 7.92. The Balaban J connectivity index is 1.70. The van der Waals surface area contributed by atoms with Crippen molar-refractivity contribution in [2.75, 3.05) is 17.4 Å². The number of hydrogen-bond donors (Lipinski definition) is 1. The summed E-state index contributed by atoms with van der Waals surface area (Å²) >= 11 is 6.11. The van der Waals surface area contributed by atoms with E-state index in [1.165, 1.54) is 17.0 Å². The van der Waals surface area contributed by atoms with Crippen molar-refractivity contribution in [2.45, 2.75) is 57.5 Å². The first kappa shape index (κ1) is 34.5. The van der Waals surface area contributed by atoms with Crippen LogP contribution in [0.25, 0.3) is 0 Å². The molecule has 46 heavy (non-hydrogen) atoms. The number of rotatable bonds is 15. The molecule has 0 saturated carbocycles. The Morgan fingerprint density at radius 2 is 1.48 bits per heavy atom. The maximum atomic E-state index is 14.3. The largest absolute Gasteiger partial charge is 0.457 e. The number of halogens is 1. The number of aryl methyl sites for hydroxylation is 1. The first-order chi connectivity index (χ1) is 22.1. The molecule has 0 saturated heterocycles. The third-order valence-corrected chi connectivity index (χ3v) is 9.51. The molecule has 4 aromatic rings. The molecule has 0 aromatic heterocycles. The molecule has 0 unspecified atom stereocenters. The van der Waals surface area contributed by atoms with Crippen LogP contribution in [-0.4, -0.2) is 44.3 Å². The molecule has 4 aromatic carbocycles. The fraction of sp³-hybridized carbons (Fsp3) is 0.278. The van der Waals surface area contributed by atoms with Crippen LogP contribution in [0, 0.1) is 6.92 Å². The predicted octanol–water partition coefficient (Wildman–Crippen LogP) is 7.36. The molecule has 242 valence electrons. The van der Waals surface area contributed by atoms with Gasteiger partial charge in [-0.3, -0.25) is 13.9 Å². The van der Waals surface area contributed by atoms with Crippen molar-refractivity contribution in [3.8, 4) is 11.5 Å². The Morgan fingerprint density at radius 1 is 0.848 bits per heavy atom. The molecule has 1 N–H and O–H groups in total. The van der Waals surface area contributed by atoms with Crippen LogP contribution >= 0.6 is 11.6 Å². The Bertz CT molecular complexity index is 1680. The minimum atomic E-state index is -4.19. The number of amides is 2. The molecule has 4 rings (SSSR count). The predicted molar refractivity (Wildman–Crippen MR) is 183 cm³/mol. The highest BCUT2D eigenvalue weighted by atomic mass is 35.5. The van der Waals surface area contributed by atoms with Gasteiger partial charge in [0.1, 0.15) is 24.1 Å². The smallest absolute Gasteiger partial charge is 0.264 e. The van der Waals surface area contributed by atoms with Crippen LogP contribution in [0.4, 0.5) is 5.69 Å². The minimum absolute atomic E-state index is 0.0455. The first-order valence-electron chi connectivity index (χ1n) is 15.4. The van der Waals surface area contributed by atoms with E-state index >= 15 is 0 Å². The zero-order valence-electron chi connectivity index (χ0n) is 26.4. The summed E-state index contributed by atoms with van der Waals surface area (Å²) in [7, 11) is -4.19. The Morgan fingerprint density at radius 3 is 2.09 bits per heavy atom. The quantitative estimate of drug-likeness (QED) is 0.134. The summed E-state index contributed by atoms with van der Waals surface area (Å²) in [6.07, 6.45) is 2.05. The van der Waals surface area contributed by atoms with Gasteiger partial charge in [0, 0.05) is 18.1 Å². The highest BCUT2D eigenvalue weighted by Crippen LogP contribution is 2.29. The lowest BCUT2D eigenvalue weighted by Gasteiger charge is -2.33. The number of benzene rings is 4. The van der Waals surface area contributed by atoms with Crippen molar-refractivity contribution in [2.24, 2.45) is 0 Å². The zero-order valence-corrected chi connectivity index (χ0v) is 27.9. The molecule has 0 fully saturated rings. The summed E-state index contributed by atoms with van der Waals surface area (Å²) in [5, 5.41) is 3.48. The zero-order chi connectivity index (χ0) is 33.1. The van der Waals surface area contributed by atoms with Crippen LogP contribution in [-0.2, 0) is 26.2 Å². The van der Waals surface area contributed by atoms with Gasteiger partial charge in [0.05, 0.1) is 10.6 Å². The second-order valence-electron chi connectivity index (χ2n) is 11.0. The molecular weight excluding hydrogens is 622 g/mol. The van der Waals surface area contributed by atoms with E-state index in [9.17, 15) is 18.0 Å². The third-order valence-electron chi connectivity index (χ3n) is 7.47. The fourth-order valence-corrected chi connectivity index (χ4v) is 6.42. The maximum absolute atomic E-state index is 14.3. The molecule has 0 spiro atoms. The van der Waals surface area contributed by atoms with E-state index in [4.69, 9.17) is 16.3 Å². The van der Waals surface area contributed by atoms with E-state index in [1.807, 2.05) is 51.1 Å². The van der Waals surface area contributed by atoms with E-state index in [-0.39, 0.29) is 23.0 Å². The molecule has 0 radical (unpaired) electrons. The lowest BCUT2D eigenvalue weighted by atomic mass is 10.1. The van der Waals surface area contributed by atoms with Crippen molar-refractivity contribution in [1.29, 1.82) is 0 Å². The van der Waals surface area contributed by atoms with E-state index in [0.29, 0.717) is 29.5 Å². The number of carbonyl (C=O) groups is 2. The van der Waals surface area contributed by atoms with Gasteiger partial charge in [0.2, 0.25) is 11.8 Å². The molecule has 1 atom stereocenters. The van der Waals surface area contributed by atoms with Crippen molar-refractivity contribution in [3.05, 3.63) is 119 Å². The van der Waals surface area contributed by atoms with Crippen molar-refractivity contribution in [1.82, 2.24) is 10.2 Å². The van der Waals surface area contributed by atoms with Gasteiger partial charge in [0.25, 0.3) is 10.0 Å². The summed E-state index contributed by atoms with van der Waals surface area (Å²) in [4.78, 5) is 29.1. The van der Waals surface area contributed by atoms with Gasteiger partial charge in [-0.1, -0.05) is 79.9 Å². The van der Waals surface area contributed by atoms with Gasteiger partial charge in [-0.05, 0) is 86.0 Å². The van der Waals surface area contributed by atoms with Crippen LogP contribution in [0.5, 0.6) is 11.5 Å². The van der Waals surface area contributed by atoms with Crippen molar-refractivity contribution in [3.63, 3.8) is 0 Å². The molecule has 0 bridgehead atoms. The van der Waals surface area contributed by atoms with Crippen LogP contribution in [0.15, 0.2) is 108 Å². The number of unbranched alkanes of at least 4 members (excludes halogenated alkanes) is 1. The Labute approximate surface area is 277 Å². The van der Waals surface area contributed by atoms with Gasteiger partial charge < -0.3 is 15.0 Å². The minimum Gasteiger partial charge on any atom is -0.457 e. The van der Waals surface area contributed by atoms with Crippen LogP contribution in [0.3, 0.4) is 0 Å². The molecule has 8 nitrogen and oxygen atoms in total. The maximum Gasteiger partial charge on any atom is 0.264 e. The van der Waals surface area contributed by atoms with E-state index in [2.05, 4.69) is 5.32 Å². The topological polar surface area (TPSA) is 96.0 Å². The summed E-state index contributed by atoms with van der Waals surface area (Å²) in [6.45, 7) is 5.79. The number of nitrogens with zero attached hydrogens (tertiary/aromatic N) is 2. The number of anilines is 1. The Hall–Kier alpha value is -4.34. The number of ether oxygens (including phenoxy) is 1. The van der Waals surface area contributed by atoms with Gasteiger partial charge in [-0.15, -0.1) is 0 Å². The molecule has 10 heteroatoms. The normalized spacial score (nSPS) is 11.8. The van der Waals surface area contributed by atoms with E-state index in [1.54, 1.807) is 60.7 Å². The van der Waals surface area contributed by atoms with Gasteiger partial charge in [-0.25, -0.2) is 8.42 Å². The lowest BCUT2D eigenvalue weighted by Crippen LogP contribution is -2.52. The van der Waals surface area contributed by atoms with Crippen LogP contribution in [0.1, 0.15) is 44.2 Å².